The Hall–Kier alpha value is -1.59. The van der Waals surface area contributed by atoms with Crippen LogP contribution in [0.15, 0.2) is 30.3 Å². The van der Waals surface area contributed by atoms with Gasteiger partial charge in [-0.3, -0.25) is 4.90 Å². The molecule has 1 fully saturated rings. The fraction of sp³-hybridized carbons (Fsp3) is 0.500. The number of hydrogen-bond acceptors (Lipinski definition) is 3. The average molecular weight is 264 g/mol. The number of rotatable bonds is 4. The van der Waals surface area contributed by atoms with Crippen LogP contribution in [0.4, 0.5) is 4.79 Å². The van der Waals surface area contributed by atoms with E-state index in [2.05, 4.69) is 22.3 Å². The number of hydrogen-bond donors (Lipinski definition) is 3. The van der Waals surface area contributed by atoms with Gasteiger partial charge in [0.2, 0.25) is 0 Å². The lowest BCUT2D eigenvalue weighted by molar-refractivity contribution is 0.0244. The Morgan fingerprint density at radius 1 is 1.37 bits per heavy atom. The van der Waals surface area contributed by atoms with Crippen LogP contribution >= 0.6 is 0 Å². The van der Waals surface area contributed by atoms with Gasteiger partial charge in [0.05, 0.1) is 6.10 Å². The molecule has 5 nitrogen and oxygen atoms in total. The van der Waals surface area contributed by atoms with Gasteiger partial charge >= 0.3 is 6.09 Å². The van der Waals surface area contributed by atoms with Crippen molar-refractivity contribution >= 4 is 6.09 Å². The molecule has 0 unspecified atom stereocenters. The highest BCUT2D eigenvalue weighted by Gasteiger charge is 2.27. The van der Waals surface area contributed by atoms with Crippen LogP contribution in [-0.4, -0.2) is 46.9 Å². The normalized spacial score (nSPS) is 24.1. The summed E-state index contributed by atoms with van der Waals surface area (Å²) in [5.41, 5.74) is 1.24. The zero-order chi connectivity index (χ0) is 13.7. The summed E-state index contributed by atoms with van der Waals surface area (Å²) in [6.07, 6.45) is -0.759. The molecule has 2 atom stereocenters. The van der Waals surface area contributed by atoms with Crippen molar-refractivity contribution in [3.63, 3.8) is 0 Å². The standard InChI is InChI=1S/C14H20N2O3/c17-13-6-7-16(9-11-4-2-1-3-5-11)10-12(13)8-15-14(18)19/h1-5,12-13,15,17H,6-10H2,(H,18,19)/t12-,13+/m1/s1. The number of piperidine rings is 1. The summed E-state index contributed by atoms with van der Waals surface area (Å²) in [5, 5.41) is 20.9. The van der Waals surface area contributed by atoms with Gasteiger partial charge in [0, 0.05) is 32.1 Å². The Kier molecular flexibility index (Phi) is 4.76. The summed E-state index contributed by atoms with van der Waals surface area (Å²) in [6.45, 7) is 2.72. The zero-order valence-corrected chi connectivity index (χ0v) is 10.8. The van der Waals surface area contributed by atoms with Crippen molar-refractivity contribution < 1.29 is 15.0 Å². The van der Waals surface area contributed by atoms with E-state index in [9.17, 15) is 9.90 Å². The van der Waals surface area contributed by atoms with Crippen molar-refractivity contribution in [1.29, 1.82) is 0 Å². The molecule has 104 valence electrons. The summed E-state index contributed by atoms with van der Waals surface area (Å²) in [6, 6.07) is 10.2. The number of nitrogens with one attached hydrogen (secondary N) is 1. The fourth-order valence-electron chi connectivity index (χ4n) is 2.50. The molecule has 1 aliphatic rings. The van der Waals surface area contributed by atoms with Gasteiger partial charge in [0.25, 0.3) is 0 Å². The molecule has 0 aliphatic carbocycles. The highest BCUT2D eigenvalue weighted by atomic mass is 16.4. The molecular weight excluding hydrogens is 244 g/mol. The van der Waals surface area contributed by atoms with Gasteiger partial charge < -0.3 is 15.5 Å². The summed E-state index contributed by atoms with van der Waals surface area (Å²) in [4.78, 5) is 12.8. The molecule has 1 aromatic rings. The Morgan fingerprint density at radius 3 is 2.79 bits per heavy atom. The summed E-state index contributed by atoms with van der Waals surface area (Å²) in [5.74, 6) is -0.0337. The predicted octanol–water partition coefficient (Wildman–Crippen LogP) is 1.14. The predicted molar refractivity (Wildman–Crippen MR) is 71.9 cm³/mol. The van der Waals surface area contributed by atoms with Gasteiger partial charge in [-0.05, 0) is 12.0 Å². The van der Waals surface area contributed by atoms with Crippen LogP contribution < -0.4 is 5.32 Å². The molecule has 0 bridgehead atoms. The Bertz CT molecular complexity index is 410. The smallest absolute Gasteiger partial charge is 0.404 e. The van der Waals surface area contributed by atoms with Gasteiger partial charge in [-0.2, -0.15) is 0 Å². The number of aliphatic hydroxyl groups is 1. The lowest BCUT2D eigenvalue weighted by Crippen LogP contribution is -2.47. The maximum Gasteiger partial charge on any atom is 0.404 e. The molecule has 0 radical (unpaired) electrons. The van der Waals surface area contributed by atoms with Crippen molar-refractivity contribution in [3.05, 3.63) is 35.9 Å². The summed E-state index contributed by atoms with van der Waals surface area (Å²) in [7, 11) is 0. The SMILES string of the molecule is O=C(O)NC[C@@H]1CN(Cc2ccccc2)CC[C@@H]1O. The minimum absolute atomic E-state index is 0.0337. The molecule has 1 amide bonds. The first kappa shape index (κ1) is 13.8. The lowest BCUT2D eigenvalue weighted by Gasteiger charge is -2.36. The summed E-state index contributed by atoms with van der Waals surface area (Å²) < 4.78 is 0. The van der Waals surface area contributed by atoms with Crippen LogP contribution in [-0.2, 0) is 6.54 Å². The average Bonchev–Trinajstić information content (AvgIpc) is 2.40. The van der Waals surface area contributed by atoms with E-state index in [0.717, 1.165) is 19.6 Å². The molecule has 0 saturated carbocycles. The van der Waals surface area contributed by atoms with Crippen LogP contribution in [0.1, 0.15) is 12.0 Å². The van der Waals surface area contributed by atoms with Gasteiger partial charge in [0.1, 0.15) is 0 Å². The molecule has 19 heavy (non-hydrogen) atoms. The Balaban J connectivity index is 1.88. The van der Waals surface area contributed by atoms with Crippen molar-refractivity contribution in [2.24, 2.45) is 5.92 Å². The molecule has 0 aromatic heterocycles. The second kappa shape index (κ2) is 6.54. The van der Waals surface area contributed by atoms with Gasteiger partial charge in [-0.15, -0.1) is 0 Å². The number of aliphatic hydroxyl groups excluding tert-OH is 1. The Labute approximate surface area is 112 Å². The van der Waals surface area contributed by atoms with Crippen LogP contribution in [0.25, 0.3) is 0 Å². The third-order valence-corrected chi connectivity index (χ3v) is 3.54. The first-order chi connectivity index (χ1) is 9.15. The van der Waals surface area contributed by atoms with E-state index in [1.165, 1.54) is 5.56 Å². The maximum absolute atomic E-state index is 10.5. The van der Waals surface area contributed by atoms with Crippen molar-refractivity contribution in [1.82, 2.24) is 10.2 Å². The van der Waals surface area contributed by atoms with E-state index in [-0.39, 0.29) is 5.92 Å². The molecule has 5 heteroatoms. The minimum atomic E-state index is -1.03. The second-order valence-electron chi connectivity index (χ2n) is 5.02. The fourth-order valence-corrected chi connectivity index (χ4v) is 2.50. The second-order valence-corrected chi connectivity index (χ2v) is 5.02. The molecule has 0 spiro atoms. The molecule has 1 saturated heterocycles. The van der Waals surface area contributed by atoms with Gasteiger partial charge in [0.15, 0.2) is 0 Å². The van der Waals surface area contributed by atoms with Crippen molar-refractivity contribution in [2.45, 2.75) is 19.1 Å². The van der Waals surface area contributed by atoms with Crippen LogP contribution in [0.2, 0.25) is 0 Å². The molecule has 1 heterocycles. The molecule has 1 aliphatic heterocycles. The van der Waals surface area contributed by atoms with Gasteiger partial charge in [-0.25, -0.2) is 4.79 Å². The maximum atomic E-state index is 10.5. The van der Waals surface area contributed by atoms with Crippen LogP contribution in [0, 0.1) is 5.92 Å². The van der Waals surface area contributed by atoms with E-state index < -0.39 is 12.2 Å². The van der Waals surface area contributed by atoms with Crippen LogP contribution in [0.5, 0.6) is 0 Å². The van der Waals surface area contributed by atoms with E-state index in [0.29, 0.717) is 13.0 Å². The van der Waals surface area contributed by atoms with Gasteiger partial charge in [-0.1, -0.05) is 30.3 Å². The van der Waals surface area contributed by atoms with Crippen molar-refractivity contribution in [3.8, 4) is 0 Å². The lowest BCUT2D eigenvalue weighted by atomic mass is 9.94. The van der Waals surface area contributed by atoms with E-state index >= 15 is 0 Å². The largest absolute Gasteiger partial charge is 0.465 e. The number of amides is 1. The van der Waals surface area contributed by atoms with Crippen LogP contribution in [0.3, 0.4) is 0 Å². The summed E-state index contributed by atoms with van der Waals surface area (Å²) >= 11 is 0. The molecule has 1 aromatic carbocycles. The number of nitrogens with zero attached hydrogens (tertiary/aromatic N) is 1. The quantitative estimate of drug-likeness (QED) is 0.762. The number of benzene rings is 1. The Morgan fingerprint density at radius 2 is 2.11 bits per heavy atom. The molecule has 3 N–H and O–H groups in total. The number of carboxylic acid groups (broad SMARTS) is 1. The topological polar surface area (TPSA) is 72.8 Å². The minimum Gasteiger partial charge on any atom is -0.465 e. The highest BCUT2D eigenvalue weighted by Crippen LogP contribution is 2.18. The number of likely N-dealkylation sites (tertiary alicyclic amines) is 1. The number of carbonyl (C=O) groups is 1. The third kappa shape index (κ3) is 4.22. The molecular formula is C14H20N2O3. The van der Waals surface area contributed by atoms with E-state index in [1.807, 2.05) is 18.2 Å². The van der Waals surface area contributed by atoms with Crippen molar-refractivity contribution in [2.75, 3.05) is 19.6 Å². The first-order valence-corrected chi connectivity index (χ1v) is 6.56. The van der Waals surface area contributed by atoms with E-state index in [1.54, 1.807) is 0 Å². The first-order valence-electron chi connectivity index (χ1n) is 6.56. The highest BCUT2D eigenvalue weighted by molar-refractivity contribution is 5.64. The third-order valence-electron chi connectivity index (χ3n) is 3.54. The monoisotopic (exact) mass is 264 g/mol. The zero-order valence-electron chi connectivity index (χ0n) is 10.8. The van der Waals surface area contributed by atoms with E-state index in [4.69, 9.17) is 5.11 Å². The molecule has 2 rings (SSSR count).